The monoisotopic (exact) mass is 293 g/mol. The van der Waals surface area contributed by atoms with E-state index in [1.54, 1.807) is 0 Å². The van der Waals surface area contributed by atoms with E-state index in [-0.39, 0.29) is 17.1 Å². The molecule has 0 radical (unpaired) electrons. The highest BCUT2D eigenvalue weighted by Gasteiger charge is 2.19. The predicted octanol–water partition coefficient (Wildman–Crippen LogP) is 2.11. The van der Waals surface area contributed by atoms with E-state index >= 15 is 0 Å². The van der Waals surface area contributed by atoms with Crippen LogP contribution in [0.1, 0.15) is 5.56 Å². The summed E-state index contributed by atoms with van der Waals surface area (Å²) < 4.78 is 22.5. The lowest BCUT2D eigenvalue weighted by atomic mass is 10.2. The van der Waals surface area contributed by atoms with E-state index in [1.807, 2.05) is 0 Å². The molecule has 17 heavy (non-hydrogen) atoms. The average molecular weight is 294 g/mol. The van der Waals surface area contributed by atoms with Crippen molar-refractivity contribution >= 4 is 37.0 Å². The van der Waals surface area contributed by atoms with E-state index in [0.29, 0.717) is 0 Å². The Morgan fingerprint density at radius 2 is 2.06 bits per heavy atom. The normalized spacial score (nSPS) is 10.5. The van der Waals surface area contributed by atoms with Crippen molar-refractivity contribution in [3.8, 4) is 11.8 Å². The van der Waals surface area contributed by atoms with Crippen molar-refractivity contribution in [1.82, 2.24) is 0 Å². The van der Waals surface area contributed by atoms with Gasteiger partial charge in [0.15, 0.2) is 0 Å². The Morgan fingerprint density at radius 1 is 1.41 bits per heavy atom. The van der Waals surface area contributed by atoms with Crippen molar-refractivity contribution in [2.45, 2.75) is 4.90 Å². The Balaban J connectivity index is 3.48. The minimum Gasteiger partial charge on any atom is -0.258 e. The Hall–Kier alpha value is -1.29. The van der Waals surface area contributed by atoms with Crippen LogP contribution in [0.15, 0.2) is 23.1 Å². The molecule has 0 bridgehead atoms. The van der Waals surface area contributed by atoms with Gasteiger partial charge in [-0.25, -0.2) is 8.42 Å². The van der Waals surface area contributed by atoms with Crippen LogP contribution in [0.4, 0.5) is 5.69 Å². The highest BCUT2D eigenvalue weighted by molar-refractivity contribution is 8.13. The predicted molar refractivity (Wildman–Crippen MR) is 63.7 cm³/mol. The number of nitro groups is 1. The maximum absolute atomic E-state index is 11.2. The Kier molecular flexibility index (Phi) is 4.34. The summed E-state index contributed by atoms with van der Waals surface area (Å²) in [4.78, 5) is 9.40. The Morgan fingerprint density at radius 3 is 2.53 bits per heavy atom. The van der Waals surface area contributed by atoms with Gasteiger partial charge in [0, 0.05) is 28.4 Å². The highest BCUT2D eigenvalue weighted by atomic mass is 35.7. The summed E-state index contributed by atoms with van der Waals surface area (Å²) in [5.41, 5.74) is -0.299. The second kappa shape index (κ2) is 5.36. The molecule has 1 rings (SSSR count). The van der Waals surface area contributed by atoms with Gasteiger partial charge in [0.25, 0.3) is 14.7 Å². The SMILES string of the molecule is O=[N+]([O-])c1ccc(C#CCCl)c(S(=O)(=O)Cl)c1. The van der Waals surface area contributed by atoms with Crippen molar-refractivity contribution in [2.24, 2.45) is 0 Å². The molecule has 0 atom stereocenters. The first-order valence-corrected chi connectivity index (χ1v) is 6.98. The number of hydrogen-bond donors (Lipinski definition) is 0. The van der Waals surface area contributed by atoms with Crippen LogP contribution in [0.25, 0.3) is 0 Å². The van der Waals surface area contributed by atoms with Crippen LogP contribution in [0.2, 0.25) is 0 Å². The van der Waals surface area contributed by atoms with E-state index in [0.717, 1.165) is 12.1 Å². The molecule has 1 aromatic carbocycles. The fourth-order valence-corrected chi connectivity index (χ4v) is 2.15. The molecular weight excluding hydrogens is 289 g/mol. The molecular formula is C9H5Cl2NO4S. The topological polar surface area (TPSA) is 77.3 Å². The lowest BCUT2D eigenvalue weighted by Gasteiger charge is -2.00. The van der Waals surface area contributed by atoms with Gasteiger partial charge in [0.05, 0.1) is 10.8 Å². The van der Waals surface area contributed by atoms with E-state index in [9.17, 15) is 18.5 Å². The van der Waals surface area contributed by atoms with Crippen LogP contribution >= 0.6 is 22.3 Å². The van der Waals surface area contributed by atoms with Crippen LogP contribution in [0, 0.1) is 22.0 Å². The van der Waals surface area contributed by atoms with Crippen molar-refractivity contribution in [1.29, 1.82) is 0 Å². The van der Waals surface area contributed by atoms with Crippen molar-refractivity contribution in [3.05, 3.63) is 33.9 Å². The fraction of sp³-hybridized carbons (Fsp3) is 0.111. The van der Waals surface area contributed by atoms with Gasteiger partial charge in [0.2, 0.25) is 0 Å². The molecule has 0 saturated carbocycles. The van der Waals surface area contributed by atoms with Crippen molar-refractivity contribution in [2.75, 3.05) is 5.88 Å². The van der Waals surface area contributed by atoms with E-state index in [2.05, 4.69) is 11.8 Å². The molecule has 0 saturated heterocycles. The van der Waals surface area contributed by atoms with Gasteiger partial charge < -0.3 is 0 Å². The molecule has 5 nitrogen and oxygen atoms in total. The molecule has 0 amide bonds. The minimum atomic E-state index is -4.10. The van der Waals surface area contributed by atoms with Crippen molar-refractivity contribution < 1.29 is 13.3 Å². The summed E-state index contributed by atoms with van der Waals surface area (Å²) in [6.45, 7) is 0. The molecule has 0 fully saturated rings. The molecule has 0 unspecified atom stereocenters. The second-order valence-corrected chi connectivity index (χ2v) is 5.61. The van der Waals surface area contributed by atoms with Crippen LogP contribution in [-0.4, -0.2) is 19.2 Å². The second-order valence-electron chi connectivity index (χ2n) is 2.81. The van der Waals surface area contributed by atoms with Gasteiger partial charge in [-0.15, -0.1) is 11.6 Å². The van der Waals surface area contributed by atoms with Gasteiger partial charge in [-0.1, -0.05) is 11.8 Å². The maximum atomic E-state index is 11.2. The third kappa shape index (κ3) is 3.60. The van der Waals surface area contributed by atoms with Gasteiger partial charge in [0.1, 0.15) is 4.90 Å². The zero-order valence-electron chi connectivity index (χ0n) is 8.18. The highest BCUT2D eigenvalue weighted by Crippen LogP contribution is 2.24. The lowest BCUT2D eigenvalue weighted by Crippen LogP contribution is -1.98. The van der Waals surface area contributed by atoms with Gasteiger partial charge in [-0.05, 0) is 6.07 Å². The van der Waals surface area contributed by atoms with Crippen LogP contribution in [0.5, 0.6) is 0 Å². The summed E-state index contributed by atoms with van der Waals surface area (Å²) in [6.07, 6.45) is 0. The molecule has 0 heterocycles. The lowest BCUT2D eigenvalue weighted by molar-refractivity contribution is -0.385. The number of benzene rings is 1. The Bertz CT molecular complexity index is 616. The third-order valence-electron chi connectivity index (χ3n) is 1.73. The van der Waals surface area contributed by atoms with Crippen LogP contribution < -0.4 is 0 Å². The van der Waals surface area contributed by atoms with E-state index < -0.39 is 18.9 Å². The summed E-state index contributed by atoms with van der Waals surface area (Å²) in [5, 5.41) is 10.5. The van der Waals surface area contributed by atoms with Gasteiger partial charge in [-0.3, -0.25) is 10.1 Å². The smallest absolute Gasteiger partial charge is 0.258 e. The van der Waals surface area contributed by atoms with Crippen LogP contribution in [0.3, 0.4) is 0 Å². The number of nitro benzene ring substituents is 1. The van der Waals surface area contributed by atoms with Crippen LogP contribution in [-0.2, 0) is 9.05 Å². The molecule has 0 aromatic heterocycles. The molecule has 0 aliphatic rings. The number of alkyl halides is 1. The molecule has 0 spiro atoms. The number of non-ortho nitro benzene ring substituents is 1. The van der Waals surface area contributed by atoms with Crippen molar-refractivity contribution in [3.63, 3.8) is 0 Å². The fourth-order valence-electron chi connectivity index (χ4n) is 1.06. The number of rotatable bonds is 2. The maximum Gasteiger partial charge on any atom is 0.270 e. The van der Waals surface area contributed by atoms with Gasteiger partial charge >= 0.3 is 0 Å². The molecule has 1 aromatic rings. The first-order chi connectivity index (χ1) is 7.86. The standard InChI is InChI=1S/C9H5Cl2NO4S/c10-5-1-2-7-3-4-8(12(13)14)6-9(7)17(11,15)16/h3-4,6H,5H2. The van der Waals surface area contributed by atoms with E-state index in [4.69, 9.17) is 22.3 Å². The number of nitrogens with zero attached hydrogens (tertiary/aromatic N) is 1. The van der Waals surface area contributed by atoms with Gasteiger partial charge in [-0.2, -0.15) is 0 Å². The molecule has 0 aliphatic heterocycles. The molecule has 0 N–H and O–H groups in total. The number of hydrogen-bond acceptors (Lipinski definition) is 4. The zero-order valence-corrected chi connectivity index (χ0v) is 10.5. The molecule has 0 aliphatic carbocycles. The summed E-state index contributed by atoms with van der Waals surface area (Å²) in [7, 11) is 1.07. The summed E-state index contributed by atoms with van der Waals surface area (Å²) in [5.74, 6) is 4.93. The Labute approximate surface area is 107 Å². The summed E-state index contributed by atoms with van der Waals surface area (Å²) >= 11 is 5.34. The summed E-state index contributed by atoms with van der Waals surface area (Å²) in [6, 6.07) is 3.22. The first-order valence-electron chi connectivity index (χ1n) is 4.14. The number of halogens is 2. The first kappa shape index (κ1) is 13.8. The third-order valence-corrected chi connectivity index (χ3v) is 3.22. The average Bonchev–Trinajstić information content (AvgIpc) is 2.24. The molecule has 8 heteroatoms. The molecule has 90 valence electrons. The largest absolute Gasteiger partial charge is 0.270 e. The zero-order chi connectivity index (χ0) is 13.1. The quantitative estimate of drug-likeness (QED) is 0.275. The van der Waals surface area contributed by atoms with E-state index in [1.165, 1.54) is 6.07 Å². The minimum absolute atomic E-state index is 0.0127.